The standard InChI is InChI=1S/C13H10.C11H9NO2/c1-3-7-12-10(5-1)9-11-6-2-4-8-13(11)12;1-7-4-2-3-5-8(7)9-6-10(13)12-11(9)14/h1-8H,9H2;2-6H,1H3,(H,12,13,14). The Labute approximate surface area is 158 Å². The molecule has 0 unspecified atom stereocenters. The second kappa shape index (κ2) is 7.04. The Kier molecular flexibility index (Phi) is 4.43. The molecule has 132 valence electrons. The zero-order valence-electron chi connectivity index (χ0n) is 15.0. The van der Waals surface area contributed by atoms with Crippen LogP contribution in [0.1, 0.15) is 22.3 Å². The van der Waals surface area contributed by atoms with Crippen LogP contribution >= 0.6 is 0 Å². The summed E-state index contributed by atoms with van der Waals surface area (Å²) in [7, 11) is 0. The van der Waals surface area contributed by atoms with Crippen LogP contribution in [0.3, 0.4) is 0 Å². The van der Waals surface area contributed by atoms with E-state index in [1.54, 1.807) is 0 Å². The van der Waals surface area contributed by atoms with Crippen LogP contribution in [-0.2, 0) is 16.0 Å². The van der Waals surface area contributed by atoms with Crippen molar-refractivity contribution in [3.63, 3.8) is 0 Å². The van der Waals surface area contributed by atoms with Crippen LogP contribution in [0.4, 0.5) is 0 Å². The minimum atomic E-state index is -0.340. The highest BCUT2D eigenvalue weighted by atomic mass is 16.2. The molecule has 0 atom stereocenters. The summed E-state index contributed by atoms with van der Waals surface area (Å²) in [5.41, 5.74) is 8.01. The van der Waals surface area contributed by atoms with Crippen molar-refractivity contribution in [3.05, 3.63) is 101 Å². The van der Waals surface area contributed by atoms with Crippen molar-refractivity contribution in [3.8, 4) is 11.1 Å². The van der Waals surface area contributed by atoms with Crippen LogP contribution < -0.4 is 5.32 Å². The fourth-order valence-electron chi connectivity index (χ4n) is 3.57. The normalized spacial score (nSPS) is 13.9. The summed E-state index contributed by atoms with van der Waals surface area (Å²) >= 11 is 0. The van der Waals surface area contributed by atoms with Gasteiger partial charge in [-0.25, -0.2) is 0 Å². The van der Waals surface area contributed by atoms with E-state index in [2.05, 4.69) is 53.8 Å². The van der Waals surface area contributed by atoms with Crippen molar-refractivity contribution >= 4 is 17.4 Å². The molecule has 3 aromatic carbocycles. The number of carbonyl (C=O) groups excluding carboxylic acids is 2. The quantitative estimate of drug-likeness (QED) is 0.519. The molecule has 0 radical (unpaired) electrons. The maximum absolute atomic E-state index is 11.3. The highest BCUT2D eigenvalue weighted by molar-refractivity contribution is 6.33. The lowest BCUT2D eigenvalue weighted by Crippen LogP contribution is -2.21. The molecule has 0 aromatic heterocycles. The minimum absolute atomic E-state index is 0.315. The smallest absolute Gasteiger partial charge is 0.258 e. The molecular formula is C24H19NO2. The van der Waals surface area contributed by atoms with E-state index in [0.29, 0.717) is 5.57 Å². The molecule has 2 aliphatic rings. The highest BCUT2D eigenvalue weighted by Crippen LogP contribution is 2.35. The Morgan fingerprint density at radius 3 is 1.74 bits per heavy atom. The van der Waals surface area contributed by atoms with Gasteiger partial charge in [0, 0.05) is 6.08 Å². The number of hydrogen-bond acceptors (Lipinski definition) is 2. The number of rotatable bonds is 1. The minimum Gasteiger partial charge on any atom is -0.289 e. The molecule has 1 aliphatic carbocycles. The summed E-state index contributed by atoms with van der Waals surface area (Å²) in [4.78, 5) is 22.3. The predicted molar refractivity (Wildman–Crippen MR) is 107 cm³/mol. The summed E-state index contributed by atoms with van der Waals surface area (Å²) < 4.78 is 0. The third-order valence-corrected chi connectivity index (χ3v) is 4.90. The topological polar surface area (TPSA) is 46.2 Å². The average molecular weight is 353 g/mol. The van der Waals surface area contributed by atoms with Gasteiger partial charge in [0.25, 0.3) is 11.8 Å². The molecule has 2 amide bonds. The van der Waals surface area contributed by atoms with E-state index in [4.69, 9.17) is 0 Å². The molecule has 0 spiro atoms. The van der Waals surface area contributed by atoms with Crippen molar-refractivity contribution in [1.82, 2.24) is 5.32 Å². The van der Waals surface area contributed by atoms with Crippen LogP contribution in [0.15, 0.2) is 78.9 Å². The summed E-state index contributed by atoms with van der Waals surface area (Å²) in [6.45, 7) is 1.91. The summed E-state index contributed by atoms with van der Waals surface area (Å²) in [6.07, 6.45) is 2.44. The molecule has 3 aromatic rings. The Morgan fingerprint density at radius 2 is 1.22 bits per heavy atom. The molecule has 27 heavy (non-hydrogen) atoms. The third kappa shape index (κ3) is 3.32. The number of imide groups is 1. The molecule has 0 saturated heterocycles. The average Bonchev–Trinajstić information content (AvgIpc) is 3.22. The number of hydrogen-bond donors (Lipinski definition) is 1. The number of amides is 2. The van der Waals surface area contributed by atoms with Crippen LogP contribution in [0.5, 0.6) is 0 Å². The van der Waals surface area contributed by atoms with Crippen LogP contribution in [0, 0.1) is 6.92 Å². The van der Waals surface area contributed by atoms with Crippen molar-refractivity contribution in [2.75, 3.05) is 0 Å². The first kappa shape index (κ1) is 17.0. The molecule has 3 nitrogen and oxygen atoms in total. The second-order valence-electron chi connectivity index (χ2n) is 6.68. The van der Waals surface area contributed by atoms with Gasteiger partial charge >= 0.3 is 0 Å². The lowest BCUT2D eigenvalue weighted by molar-refractivity contribution is -0.123. The van der Waals surface area contributed by atoms with Crippen LogP contribution in [0.25, 0.3) is 16.7 Å². The van der Waals surface area contributed by atoms with Gasteiger partial charge in [0.05, 0.1) is 5.57 Å². The van der Waals surface area contributed by atoms with Crippen molar-refractivity contribution in [2.45, 2.75) is 13.3 Å². The van der Waals surface area contributed by atoms with Crippen molar-refractivity contribution < 1.29 is 9.59 Å². The lowest BCUT2D eigenvalue weighted by atomic mass is 10.0. The zero-order chi connectivity index (χ0) is 18.8. The van der Waals surface area contributed by atoms with Crippen molar-refractivity contribution in [2.24, 2.45) is 0 Å². The van der Waals surface area contributed by atoms with Gasteiger partial charge in [-0.15, -0.1) is 0 Å². The van der Waals surface area contributed by atoms with Gasteiger partial charge in [0.2, 0.25) is 0 Å². The molecule has 0 saturated carbocycles. The van der Waals surface area contributed by atoms with Gasteiger partial charge in [-0.3, -0.25) is 14.9 Å². The monoisotopic (exact) mass is 353 g/mol. The highest BCUT2D eigenvalue weighted by Gasteiger charge is 2.22. The van der Waals surface area contributed by atoms with Crippen LogP contribution in [0.2, 0.25) is 0 Å². The number of benzene rings is 3. The molecule has 1 heterocycles. The van der Waals surface area contributed by atoms with Crippen LogP contribution in [-0.4, -0.2) is 11.8 Å². The molecular weight excluding hydrogens is 334 g/mol. The number of aryl methyl sites for hydroxylation is 1. The van der Waals surface area contributed by atoms with E-state index in [-0.39, 0.29) is 11.8 Å². The fraction of sp³-hybridized carbons (Fsp3) is 0.0833. The Morgan fingerprint density at radius 1 is 0.704 bits per heavy atom. The number of carbonyl (C=O) groups is 2. The van der Waals surface area contributed by atoms with E-state index >= 15 is 0 Å². The Bertz CT molecular complexity index is 1040. The summed E-state index contributed by atoms with van der Waals surface area (Å²) in [5, 5.41) is 2.22. The van der Waals surface area contributed by atoms with Gasteiger partial charge in [0.1, 0.15) is 0 Å². The van der Waals surface area contributed by atoms with E-state index in [9.17, 15) is 9.59 Å². The third-order valence-electron chi connectivity index (χ3n) is 4.90. The molecule has 1 aliphatic heterocycles. The molecule has 5 rings (SSSR count). The fourth-order valence-corrected chi connectivity index (χ4v) is 3.57. The first-order valence-corrected chi connectivity index (χ1v) is 8.92. The van der Waals surface area contributed by atoms with Gasteiger partial charge in [-0.05, 0) is 46.7 Å². The molecule has 3 heteroatoms. The zero-order valence-corrected chi connectivity index (χ0v) is 15.0. The van der Waals surface area contributed by atoms with E-state index in [1.807, 2.05) is 31.2 Å². The summed E-state index contributed by atoms with van der Waals surface area (Å²) in [6, 6.07) is 24.8. The molecule has 0 bridgehead atoms. The predicted octanol–water partition coefficient (Wildman–Crippen LogP) is 4.29. The first-order valence-electron chi connectivity index (χ1n) is 8.92. The van der Waals surface area contributed by atoms with Gasteiger partial charge in [-0.2, -0.15) is 0 Å². The SMILES string of the molecule is Cc1ccccc1C1=CC(=O)NC1=O.c1ccc2c(c1)Cc1ccccc1-2. The lowest BCUT2D eigenvalue weighted by Gasteiger charge is -2.03. The molecule has 0 fully saturated rings. The first-order chi connectivity index (χ1) is 13.1. The Balaban J connectivity index is 0.000000134. The second-order valence-corrected chi connectivity index (χ2v) is 6.68. The number of fused-ring (bicyclic) bond motifs is 3. The maximum atomic E-state index is 11.3. The Hall–Kier alpha value is -3.46. The van der Waals surface area contributed by atoms with Gasteiger partial charge < -0.3 is 0 Å². The van der Waals surface area contributed by atoms with E-state index < -0.39 is 0 Å². The van der Waals surface area contributed by atoms with Gasteiger partial charge in [0.15, 0.2) is 0 Å². The largest absolute Gasteiger partial charge is 0.289 e. The molecule has 1 N–H and O–H groups in total. The van der Waals surface area contributed by atoms with Crippen molar-refractivity contribution in [1.29, 1.82) is 0 Å². The maximum Gasteiger partial charge on any atom is 0.258 e. The number of nitrogens with one attached hydrogen (secondary N) is 1. The summed E-state index contributed by atoms with van der Waals surface area (Å²) in [5.74, 6) is -0.655. The van der Waals surface area contributed by atoms with E-state index in [1.165, 1.54) is 28.3 Å². The van der Waals surface area contributed by atoms with E-state index in [0.717, 1.165) is 17.5 Å². The van der Waals surface area contributed by atoms with Gasteiger partial charge in [-0.1, -0.05) is 72.8 Å².